The number of Topliss-reactive ketones (excluding diaryl/α,β-unsaturated/α-hetero) is 1. The van der Waals surface area contributed by atoms with Crippen molar-refractivity contribution < 1.29 is 31.9 Å². The second kappa shape index (κ2) is 19.0. The molecule has 2 aromatic heterocycles. The number of alkyl halides is 5. The van der Waals surface area contributed by atoms with Crippen LogP contribution in [0.15, 0.2) is 61.2 Å². The molecule has 0 bridgehead atoms. The third-order valence-electron chi connectivity index (χ3n) is 6.45. The lowest BCUT2D eigenvalue weighted by atomic mass is 9.84. The van der Waals surface area contributed by atoms with Crippen molar-refractivity contribution in [1.82, 2.24) is 15.3 Å². The Morgan fingerprint density at radius 1 is 1.17 bits per heavy atom. The standard InChI is InChI=1S/C21H19N5.C4H6F2O.C4H10.C3H3F3O.C2H6/c1-3-13-17(24-2)8-7-15-18(16(11-22)21(23)26-20(13)15)14-6-4-5-12-9-10-25-19(12)14;1-3(7)4(2,5)6;1-3-4-2;1-2(7)3(4,5)6;1-2/h3-6,9-10,24-25H,1,7-8H2,2H3,(H2,23,26);1-2H3;3-4H2,1-2H3;7H,1H2;1-2H3. The molecule has 46 heavy (non-hydrogen) atoms. The van der Waals surface area contributed by atoms with E-state index in [0.29, 0.717) is 12.5 Å². The molecule has 0 radical (unpaired) electrons. The topological polar surface area (TPSA) is 128 Å². The number of fused-ring (bicyclic) bond motifs is 2. The number of nitrogens with one attached hydrogen (secondary N) is 2. The number of hydrogen-bond donors (Lipinski definition) is 4. The number of nitrogen functional groups attached to an aromatic ring is 1. The highest BCUT2D eigenvalue weighted by Gasteiger charge is 2.31. The van der Waals surface area contributed by atoms with Gasteiger partial charge in [-0.25, -0.2) is 4.98 Å². The second-order valence-electron chi connectivity index (χ2n) is 9.67. The number of carbonyl (C=O) groups is 1. The number of allylic oxidation sites excluding steroid dienone is 4. The van der Waals surface area contributed by atoms with E-state index in [9.17, 15) is 32.0 Å². The molecule has 1 aliphatic rings. The smallest absolute Gasteiger partial charge is 0.448 e. The fraction of sp³-hybridized carbons (Fsp3) is 0.382. The Labute approximate surface area is 267 Å². The molecule has 0 atom stereocenters. The van der Waals surface area contributed by atoms with Crippen LogP contribution < -0.4 is 11.1 Å². The highest BCUT2D eigenvalue weighted by molar-refractivity contribution is 5.99. The maximum absolute atomic E-state index is 11.5. The van der Waals surface area contributed by atoms with Gasteiger partial charge in [-0.05, 0) is 29.9 Å². The van der Waals surface area contributed by atoms with Crippen LogP contribution in [0.4, 0.5) is 27.8 Å². The average Bonchev–Trinajstić information content (AvgIpc) is 3.50. The number of hydrogen-bond acceptors (Lipinski definition) is 6. The van der Waals surface area contributed by atoms with Gasteiger partial charge in [0.25, 0.3) is 0 Å². The summed E-state index contributed by atoms with van der Waals surface area (Å²) in [5.41, 5.74) is 13.4. The molecule has 0 unspecified atom stereocenters. The van der Waals surface area contributed by atoms with Crippen LogP contribution in [-0.4, -0.2) is 40.0 Å². The van der Waals surface area contributed by atoms with Gasteiger partial charge in [-0.1, -0.05) is 78.0 Å². The van der Waals surface area contributed by atoms with Gasteiger partial charge in [0.05, 0.1) is 11.2 Å². The first kappa shape index (κ1) is 41.3. The van der Waals surface area contributed by atoms with E-state index in [1.54, 1.807) is 6.08 Å². The van der Waals surface area contributed by atoms with E-state index < -0.39 is 23.6 Å². The Bertz CT molecular complexity index is 1520. The Morgan fingerprint density at radius 2 is 1.72 bits per heavy atom. The largest absolute Gasteiger partial charge is 0.505 e. The zero-order chi connectivity index (χ0) is 35.8. The third-order valence-corrected chi connectivity index (χ3v) is 6.45. The lowest BCUT2D eigenvalue weighted by molar-refractivity contribution is -0.138. The first-order valence-corrected chi connectivity index (χ1v) is 14.7. The fourth-order valence-corrected chi connectivity index (χ4v) is 3.82. The molecule has 2 heterocycles. The summed E-state index contributed by atoms with van der Waals surface area (Å²) in [5, 5.41) is 21.7. The van der Waals surface area contributed by atoms with Crippen molar-refractivity contribution in [1.29, 1.82) is 5.26 Å². The summed E-state index contributed by atoms with van der Waals surface area (Å²) in [6, 6.07) is 10.4. The number of nitrogens with zero attached hydrogens (tertiary/aromatic N) is 2. The number of aromatic nitrogens is 2. The number of H-pyrrole nitrogens is 1. The lowest BCUT2D eigenvalue weighted by Gasteiger charge is -2.25. The number of rotatable bonds is 5. The number of aliphatic hydroxyl groups is 1. The van der Waals surface area contributed by atoms with Crippen molar-refractivity contribution in [3.05, 3.63) is 78.0 Å². The molecule has 0 fully saturated rings. The molecule has 0 spiro atoms. The lowest BCUT2D eigenvalue weighted by Crippen LogP contribution is -2.20. The van der Waals surface area contributed by atoms with Gasteiger partial charge in [-0.2, -0.15) is 27.2 Å². The van der Waals surface area contributed by atoms with E-state index in [0.717, 1.165) is 64.3 Å². The van der Waals surface area contributed by atoms with Crippen LogP contribution in [0.2, 0.25) is 0 Å². The van der Waals surface area contributed by atoms with Crippen molar-refractivity contribution in [3.8, 4) is 17.2 Å². The summed E-state index contributed by atoms with van der Waals surface area (Å²) >= 11 is 0. The minimum absolute atomic E-state index is 0.251. The van der Waals surface area contributed by atoms with Crippen molar-refractivity contribution in [2.45, 2.75) is 79.3 Å². The van der Waals surface area contributed by atoms with E-state index >= 15 is 0 Å². The number of carbonyl (C=O) groups excluding carboxylic acids is 1. The normalized spacial score (nSPS) is 11.8. The van der Waals surface area contributed by atoms with Crippen molar-refractivity contribution >= 4 is 28.1 Å². The minimum Gasteiger partial charge on any atom is -0.505 e. The average molecular weight is 650 g/mol. The van der Waals surface area contributed by atoms with Crippen LogP contribution in [0.3, 0.4) is 0 Å². The number of nitrogens with two attached hydrogens (primary N) is 1. The first-order valence-electron chi connectivity index (χ1n) is 14.7. The maximum Gasteiger partial charge on any atom is 0.448 e. The van der Waals surface area contributed by atoms with E-state index in [-0.39, 0.29) is 5.82 Å². The molecule has 7 nitrogen and oxygen atoms in total. The van der Waals surface area contributed by atoms with Crippen molar-refractivity contribution in [3.63, 3.8) is 0 Å². The Balaban J connectivity index is 0.000000833. The molecule has 5 N–H and O–H groups in total. The molecule has 0 amide bonds. The van der Waals surface area contributed by atoms with Crippen LogP contribution in [0, 0.1) is 11.3 Å². The molecule has 0 saturated carbocycles. The van der Waals surface area contributed by atoms with Gasteiger partial charge in [0.15, 0.2) is 11.5 Å². The maximum atomic E-state index is 11.5. The number of aliphatic hydroxyl groups excluding tert-OH is 1. The van der Waals surface area contributed by atoms with Gasteiger partial charge >= 0.3 is 12.1 Å². The van der Waals surface area contributed by atoms with E-state index in [1.807, 2.05) is 51.4 Å². The molecule has 0 aliphatic heterocycles. The second-order valence-corrected chi connectivity index (χ2v) is 9.67. The number of nitriles is 1. The predicted molar refractivity (Wildman–Crippen MR) is 176 cm³/mol. The van der Waals surface area contributed by atoms with Gasteiger partial charge in [0.1, 0.15) is 17.5 Å². The summed E-state index contributed by atoms with van der Waals surface area (Å²) in [4.78, 5) is 17.6. The number of anilines is 1. The Kier molecular flexibility index (Phi) is 17.1. The van der Waals surface area contributed by atoms with Gasteiger partial charge in [-0.15, -0.1) is 0 Å². The SMILES string of the molecule is C=C(O)C(F)(F)F.C=CC1=C(NC)CCc2c1nc(N)c(C#N)c2-c1cccc2cc[nH]c12.CC.CC(=O)C(C)(F)F.CCCC. The van der Waals surface area contributed by atoms with Crippen molar-refractivity contribution in [2.24, 2.45) is 0 Å². The molecular formula is C34H44F5N5O2. The molecule has 1 aromatic carbocycles. The molecular weight excluding hydrogens is 605 g/mol. The van der Waals surface area contributed by atoms with Crippen LogP contribution in [0.25, 0.3) is 27.6 Å². The van der Waals surface area contributed by atoms with Gasteiger partial charge in [0.2, 0.25) is 0 Å². The van der Waals surface area contributed by atoms with Crippen LogP contribution >= 0.6 is 0 Å². The highest BCUT2D eigenvalue weighted by Crippen LogP contribution is 2.41. The van der Waals surface area contributed by atoms with E-state index in [1.165, 1.54) is 12.8 Å². The highest BCUT2D eigenvalue weighted by atomic mass is 19.4. The zero-order valence-corrected chi connectivity index (χ0v) is 27.4. The number of halogens is 5. The van der Waals surface area contributed by atoms with E-state index in [2.05, 4.69) is 48.4 Å². The number of para-hydroxylation sites is 1. The van der Waals surface area contributed by atoms with Crippen molar-refractivity contribution in [2.75, 3.05) is 12.8 Å². The Morgan fingerprint density at radius 3 is 2.13 bits per heavy atom. The summed E-state index contributed by atoms with van der Waals surface area (Å²) in [5.74, 6) is -5.73. The molecule has 252 valence electrons. The quantitative estimate of drug-likeness (QED) is 0.161. The van der Waals surface area contributed by atoms with Crippen LogP contribution in [0.5, 0.6) is 0 Å². The number of benzene rings is 1. The van der Waals surface area contributed by atoms with E-state index in [4.69, 9.17) is 10.8 Å². The molecule has 1 aliphatic carbocycles. The first-order chi connectivity index (χ1) is 21.5. The number of pyridine rings is 1. The van der Waals surface area contributed by atoms with Gasteiger partial charge < -0.3 is 21.1 Å². The van der Waals surface area contributed by atoms with Gasteiger partial charge in [-0.3, -0.25) is 4.79 Å². The Hall–Kier alpha value is -4.66. The molecule has 4 rings (SSSR count). The summed E-state index contributed by atoms with van der Waals surface area (Å²) in [6.45, 7) is 16.0. The number of unbranched alkanes of at least 4 members (excludes halogenated alkanes) is 1. The van der Waals surface area contributed by atoms with Gasteiger partial charge in [0, 0.05) is 49.5 Å². The molecule has 12 heteroatoms. The summed E-state index contributed by atoms with van der Waals surface area (Å²) < 4.78 is 55.5. The predicted octanol–water partition coefficient (Wildman–Crippen LogP) is 9.43. The molecule has 0 saturated heterocycles. The molecule has 3 aromatic rings. The van der Waals surface area contributed by atoms with Crippen LogP contribution in [0.1, 0.15) is 77.6 Å². The minimum atomic E-state index is -4.64. The summed E-state index contributed by atoms with van der Waals surface area (Å²) in [7, 11) is 1.90. The third kappa shape index (κ3) is 11.4. The van der Waals surface area contributed by atoms with Crippen LogP contribution in [-0.2, 0) is 11.2 Å². The number of ketones is 1. The summed E-state index contributed by atoms with van der Waals surface area (Å²) in [6.07, 6.45) is 3.35. The fourth-order valence-electron chi connectivity index (χ4n) is 3.82. The monoisotopic (exact) mass is 649 g/mol. The zero-order valence-electron chi connectivity index (χ0n) is 27.4. The number of aromatic amines is 1.